The Morgan fingerprint density at radius 2 is 1.11 bits per heavy atom. The molecule has 188 valence electrons. The van der Waals surface area contributed by atoms with Crippen LogP contribution in [-0.4, -0.2) is 45.7 Å². The second kappa shape index (κ2) is 9.97. The van der Waals surface area contributed by atoms with Crippen molar-refractivity contribution in [2.45, 2.75) is 32.5 Å². The SMILES string of the molecule is COc1ccc(S(=O)(=O)c2cc(OC)ccc2S(=O)(=O)c2ccc([C@@H](C)NS(C)(=O)=O)cc2)cc1. The normalized spacial score (nSPS) is 13.3. The van der Waals surface area contributed by atoms with Crippen LogP contribution in [0.5, 0.6) is 11.5 Å². The highest BCUT2D eigenvalue weighted by Gasteiger charge is 2.30. The second-order valence-corrected chi connectivity index (χ2v) is 13.3. The van der Waals surface area contributed by atoms with Crippen molar-refractivity contribution in [2.24, 2.45) is 0 Å². The number of sulfone groups is 2. The van der Waals surface area contributed by atoms with Gasteiger partial charge in [-0.1, -0.05) is 12.1 Å². The standard InChI is InChI=1S/C23H25NO8S3/c1-16(24-33(4,25)26)17-5-10-20(11-6-17)34(27,28)22-14-9-19(32-3)15-23(22)35(29,30)21-12-7-18(31-2)8-13-21/h5-16,24H,1-4H3/t16-/m1/s1. The van der Waals surface area contributed by atoms with Crippen LogP contribution >= 0.6 is 0 Å². The number of ether oxygens (including phenoxy) is 2. The monoisotopic (exact) mass is 539 g/mol. The Balaban J connectivity index is 2.10. The molecule has 0 fully saturated rings. The minimum Gasteiger partial charge on any atom is -0.497 e. The average molecular weight is 540 g/mol. The molecule has 1 N–H and O–H groups in total. The van der Waals surface area contributed by atoms with Gasteiger partial charge < -0.3 is 9.47 Å². The summed E-state index contributed by atoms with van der Waals surface area (Å²) in [6.45, 7) is 1.62. The molecule has 0 saturated heterocycles. The van der Waals surface area contributed by atoms with Crippen molar-refractivity contribution in [3.8, 4) is 11.5 Å². The van der Waals surface area contributed by atoms with Crippen molar-refractivity contribution < 1.29 is 34.7 Å². The van der Waals surface area contributed by atoms with Gasteiger partial charge in [0, 0.05) is 12.1 Å². The zero-order valence-electron chi connectivity index (χ0n) is 19.4. The van der Waals surface area contributed by atoms with E-state index in [9.17, 15) is 25.3 Å². The fourth-order valence-corrected chi connectivity index (χ4v) is 7.49. The molecule has 0 saturated carbocycles. The number of benzene rings is 3. The predicted molar refractivity (Wildman–Crippen MR) is 130 cm³/mol. The average Bonchev–Trinajstić information content (AvgIpc) is 2.82. The summed E-state index contributed by atoms with van der Waals surface area (Å²) in [5, 5.41) is 0. The molecule has 0 amide bonds. The minimum atomic E-state index is -4.27. The third-order valence-corrected chi connectivity index (χ3v) is 9.73. The Morgan fingerprint density at radius 1 is 0.657 bits per heavy atom. The van der Waals surface area contributed by atoms with Crippen LogP contribution in [-0.2, 0) is 29.7 Å². The molecule has 12 heteroatoms. The van der Waals surface area contributed by atoms with Gasteiger partial charge in [-0.15, -0.1) is 0 Å². The maximum absolute atomic E-state index is 13.5. The maximum Gasteiger partial charge on any atom is 0.209 e. The van der Waals surface area contributed by atoms with Gasteiger partial charge in [-0.2, -0.15) is 0 Å². The molecule has 0 aliphatic rings. The summed E-state index contributed by atoms with van der Waals surface area (Å²) in [7, 11) is -9.20. The smallest absolute Gasteiger partial charge is 0.209 e. The lowest BCUT2D eigenvalue weighted by Gasteiger charge is -2.15. The van der Waals surface area contributed by atoms with Crippen LogP contribution in [0.3, 0.4) is 0 Å². The van der Waals surface area contributed by atoms with E-state index in [1.54, 1.807) is 6.92 Å². The molecule has 3 aromatic carbocycles. The van der Waals surface area contributed by atoms with Gasteiger partial charge in [-0.25, -0.2) is 30.0 Å². The van der Waals surface area contributed by atoms with Crippen molar-refractivity contribution in [1.29, 1.82) is 0 Å². The molecule has 1 atom stereocenters. The number of nitrogens with one attached hydrogen (secondary N) is 1. The first-order chi connectivity index (χ1) is 16.3. The van der Waals surface area contributed by atoms with Gasteiger partial charge in [0.1, 0.15) is 11.5 Å². The lowest BCUT2D eigenvalue weighted by molar-refractivity contribution is 0.412. The molecular weight excluding hydrogens is 514 g/mol. The molecule has 35 heavy (non-hydrogen) atoms. The fourth-order valence-electron chi connectivity index (χ4n) is 3.38. The van der Waals surface area contributed by atoms with Crippen LogP contribution in [0, 0.1) is 0 Å². The zero-order chi connectivity index (χ0) is 26.0. The van der Waals surface area contributed by atoms with Crippen molar-refractivity contribution >= 4 is 29.7 Å². The molecule has 9 nitrogen and oxygen atoms in total. The number of hydrogen-bond donors (Lipinski definition) is 1. The van der Waals surface area contributed by atoms with E-state index in [1.165, 1.54) is 80.9 Å². The molecule has 0 radical (unpaired) electrons. The van der Waals surface area contributed by atoms with Crippen LogP contribution < -0.4 is 14.2 Å². The Hall–Kier alpha value is -2.93. The van der Waals surface area contributed by atoms with E-state index >= 15 is 0 Å². The van der Waals surface area contributed by atoms with Crippen molar-refractivity contribution in [1.82, 2.24) is 4.72 Å². The molecule has 0 aliphatic heterocycles. The molecule has 0 aromatic heterocycles. The molecule has 0 aliphatic carbocycles. The maximum atomic E-state index is 13.5. The largest absolute Gasteiger partial charge is 0.497 e. The van der Waals surface area contributed by atoms with E-state index in [2.05, 4.69) is 4.72 Å². The third-order valence-electron chi connectivity index (χ3n) is 5.18. The highest BCUT2D eigenvalue weighted by molar-refractivity contribution is 7.94. The highest BCUT2D eigenvalue weighted by Crippen LogP contribution is 2.34. The van der Waals surface area contributed by atoms with E-state index < -0.39 is 45.5 Å². The van der Waals surface area contributed by atoms with Gasteiger partial charge in [0.05, 0.1) is 40.1 Å². The summed E-state index contributed by atoms with van der Waals surface area (Å²) < 4.78 is 89.5. The van der Waals surface area contributed by atoms with E-state index in [-0.39, 0.29) is 15.5 Å². The van der Waals surface area contributed by atoms with E-state index in [0.29, 0.717) is 11.3 Å². The number of hydrogen-bond acceptors (Lipinski definition) is 8. The van der Waals surface area contributed by atoms with Gasteiger partial charge >= 0.3 is 0 Å². The summed E-state index contributed by atoms with van der Waals surface area (Å²) in [4.78, 5) is -1.11. The molecule has 3 aromatic rings. The molecule has 3 rings (SSSR count). The van der Waals surface area contributed by atoms with Gasteiger partial charge in [0.2, 0.25) is 29.7 Å². The van der Waals surface area contributed by atoms with Crippen LogP contribution in [0.4, 0.5) is 0 Å². The molecule has 0 spiro atoms. The van der Waals surface area contributed by atoms with Crippen LogP contribution in [0.15, 0.2) is 86.3 Å². The molecule has 0 bridgehead atoms. The summed E-state index contributed by atoms with van der Waals surface area (Å²) in [5.74, 6) is 0.620. The van der Waals surface area contributed by atoms with E-state index in [1.807, 2.05) is 0 Å². The zero-order valence-corrected chi connectivity index (χ0v) is 21.9. The summed E-state index contributed by atoms with van der Waals surface area (Å²) in [5.41, 5.74) is 0.537. The summed E-state index contributed by atoms with van der Waals surface area (Å²) in [6, 6.07) is 14.3. The van der Waals surface area contributed by atoms with Gasteiger partial charge in [0.15, 0.2) is 0 Å². The number of rotatable bonds is 9. The third kappa shape index (κ3) is 5.84. The Bertz CT molecular complexity index is 1530. The van der Waals surface area contributed by atoms with Gasteiger partial charge in [0.25, 0.3) is 0 Å². The van der Waals surface area contributed by atoms with Gasteiger partial charge in [-0.05, 0) is 61.0 Å². The molecular formula is C23H25NO8S3. The Morgan fingerprint density at radius 3 is 1.60 bits per heavy atom. The summed E-state index contributed by atoms with van der Waals surface area (Å²) >= 11 is 0. The van der Waals surface area contributed by atoms with Crippen LogP contribution in [0.2, 0.25) is 0 Å². The van der Waals surface area contributed by atoms with Crippen molar-refractivity contribution in [3.63, 3.8) is 0 Å². The fraction of sp³-hybridized carbons (Fsp3) is 0.217. The van der Waals surface area contributed by atoms with E-state index in [0.717, 1.165) is 6.26 Å². The van der Waals surface area contributed by atoms with E-state index in [4.69, 9.17) is 9.47 Å². The quantitative estimate of drug-likeness (QED) is 0.439. The molecule has 0 unspecified atom stereocenters. The van der Waals surface area contributed by atoms with Crippen molar-refractivity contribution in [2.75, 3.05) is 20.5 Å². The van der Waals surface area contributed by atoms with Crippen molar-refractivity contribution in [3.05, 3.63) is 72.3 Å². The lowest BCUT2D eigenvalue weighted by atomic mass is 10.1. The Labute approximate surface area is 205 Å². The lowest BCUT2D eigenvalue weighted by Crippen LogP contribution is -2.25. The van der Waals surface area contributed by atoms with Gasteiger partial charge in [-0.3, -0.25) is 0 Å². The minimum absolute atomic E-state index is 0.112. The number of sulfonamides is 1. The highest BCUT2D eigenvalue weighted by atomic mass is 32.2. The summed E-state index contributed by atoms with van der Waals surface area (Å²) in [6.07, 6.45) is 1.02. The van der Waals surface area contributed by atoms with Crippen LogP contribution in [0.25, 0.3) is 0 Å². The Kier molecular flexibility index (Phi) is 7.60. The topological polar surface area (TPSA) is 133 Å². The number of methoxy groups -OCH3 is 2. The second-order valence-electron chi connectivity index (χ2n) is 7.68. The van der Waals surface area contributed by atoms with Crippen LogP contribution in [0.1, 0.15) is 18.5 Å². The first-order valence-corrected chi connectivity index (χ1v) is 15.0. The first-order valence-electron chi connectivity index (χ1n) is 10.2. The predicted octanol–water partition coefficient (Wildman–Crippen LogP) is 2.98. The molecule has 0 heterocycles. The first kappa shape index (κ1) is 26.7.